The summed E-state index contributed by atoms with van der Waals surface area (Å²) in [6, 6.07) is 0. The quantitative estimate of drug-likeness (QED) is 0.277. The SMILES string of the molecule is [Bi+3].[TeH-].[TeH-].[TeH-]. The van der Waals surface area contributed by atoms with E-state index in [1.54, 1.807) is 0 Å². The molecule has 0 bridgehead atoms. The molecule has 26 valence electrons. The van der Waals surface area contributed by atoms with Crippen LogP contribution in [-0.2, 0) is 0 Å². The fourth-order valence-electron chi connectivity index (χ4n) is 0. The van der Waals surface area contributed by atoms with E-state index in [1.165, 1.54) is 0 Å². The number of rotatable bonds is 0. The minimum atomic E-state index is 0. The van der Waals surface area contributed by atoms with Gasteiger partial charge in [0.25, 0.3) is 0 Å². The van der Waals surface area contributed by atoms with Crippen LogP contribution in [0.5, 0.6) is 0 Å². The molecule has 0 rings (SSSR count). The van der Waals surface area contributed by atoms with Crippen molar-refractivity contribution in [2.24, 2.45) is 0 Å². The predicted molar refractivity (Wildman–Crippen MR) is 27.2 cm³/mol. The molecule has 0 aliphatic rings. The van der Waals surface area contributed by atoms with Gasteiger partial charge in [0.15, 0.2) is 0 Å². The molecule has 0 heterocycles. The Labute approximate surface area is 95.2 Å². The topological polar surface area (TPSA) is 0 Å². The van der Waals surface area contributed by atoms with Crippen LogP contribution < -0.4 is 0 Å². The first kappa shape index (κ1) is 26.8. The first-order valence-electron chi connectivity index (χ1n) is 0. The van der Waals surface area contributed by atoms with E-state index in [0.29, 0.717) is 0 Å². The fraction of sp³-hybridized carbons (Fsp3) is 0. The maximum atomic E-state index is 0. The van der Waals surface area contributed by atoms with Gasteiger partial charge >= 0.3 is 97.2 Å². The summed E-state index contributed by atoms with van der Waals surface area (Å²) in [5.74, 6) is 0. The van der Waals surface area contributed by atoms with Crippen LogP contribution >= 0.6 is 0 Å². The van der Waals surface area contributed by atoms with Crippen LogP contribution in [0.4, 0.5) is 0 Å². The van der Waals surface area contributed by atoms with Gasteiger partial charge in [-0.3, -0.25) is 0 Å². The summed E-state index contributed by atoms with van der Waals surface area (Å²) in [6.07, 6.45) is 0. The van der Waals surface area contributed by atoms with Crippen molar-refractivity contribution in [1.29, 1.82) is 0 Å². The van der Waals surface area contributed by atoms with Crippen molar-refractivity contribution >= 4 is 97.2 Å². The fourth-order valence-corrected chi connectivity index (χ4v) is 0. The van der Waals surface area contributed by atoms with E-state index in [-0.39, 0.29) is 97.2 Å². The average Bonchev–Trinajstić information content (AvgIpc) is 0. The minimum absolute atomic E-state index is 0. The summed E-state index contributed by atoms with van der Waals surface area (Å²) >= 11 is 0. The van der Waals surface area contributed by atoms with Crippen LogP contribution in [0.2, 0.25) is 0 Å². The third kappa shape index (κ3) is 8.98. The molecule has 0 fully saturated rings. The van der Waals surface area contributed by atoms with Crippen LogP contribution in [0.1, 0.15) is 0 Å². The molecular formula is H3BiTe3. The van der Waals surface area contributed by atoms with Crippen LogP contribution in [0.15, 0.2) is 0 Å². The predicted octanol–water partition coefficient (Wildman–Crippen LogP) is -2.33. The molecule has 2 radical (unpaired) electrons. The third-order valence-corrected chi connectivity index (χ3v) is 0. The third-order valence-electron chi connectivity index (χ3n) is 0. The van der Waals surface area contributed by atoms with E-state index < -0.39 is 0 Å². The van der Waals surface area contributed by atoms with E-state index in [2.05, 4.69) is 0 Å². The molecule has 0 atom stereocenters. The van der Waals surface area contributed by atoms with Crippen LogP contribution in [0, 0.1) is 0 Å². The van der Waals surface area contributed by atoms with Crippen molar-refractivity contribution in [2.45, 2.75) is 0 Å². The van der Waals surface area contributed by atoms with Crippen LogP contribution in [0.3, 0.4) is 0 Å². The molecule has 0 aromatic carbocycles. The van der Waals surface area contributed by atoms with Crippen molar-refractivity contribution in [1.82, 2.24) is 0 Å². The molecule has 0 saturated carbocycles. The van der Waals surface area contributed by atoms with Gasteiger partial charge < -0.3 is 0 Å². The molecule has 0 aliphatic carbocycles. The second-order valence-electron chi connectivity index (χ2n) is 0. The standard InChI is InChI=1S/Bi.3H2Te/h;3*1H2/q+3;;;/p-3. The molecule has 0 spiro atoms. The van der Waals surface area contributed by atoms with Crippen molar-refractivity contribution in [3.8, 4) is 0 Å². The summed E-state index contributed by atoms with van der Waals surface area (Å²) in [6.45, 7) is 0. The molecule has 0 saturated heterocycles. The molecule has 4 heavy (non-hydrogen) atoms. The van der Waals surface area contributed by atoms with Crippen molar-refractivity contribution in [3.05, 3.63) is 0 Å². The molecule has 0 amide bonds. The van der Waals surface area contributed by atoms with Gasteiger partial charge in [-0.25, -0.2) is 0 Å². The Kier molecular flexibility index (Phi) is 109. The van der Waals surface area contributed by atoms with Crippen molar-refractivity contribution < 1.29 is 0 Å². The van der Waals surface area contributed by atoms with Gasteiger partial charge in [-0.2, -0.15) is 0 Å². The molecule has 0 aromatic heterocycles. The summed E-state index contributed by atoms with van der Waals surface area (Å²) in [4.78, 5) is 0. The molecular weight excluding hydrogens is 592 g/mol. The molecule has 0 nitrogen and oxygen atoms in total. The van der Waals surface area contributed by atoms with Gasteiger partial charge in [-0.05, 0) is 0 Å². The van der Waals surface area contributed by atoms with Gasteiger partial charge in [0, 0.05) is 0 Å². The molecule has 0 aromatic rings. The second kappa shape index (κ2) is 16.3. The molecule has 4 heteroatoms. The van der Waals surface area contributed by atoms with E-state index in [4.69, 9.17) is 0 Å². The number of hydrogen-bond donors (Lipinski definition) is 0. The average molecular weight is 595 g/mol. The van der Waals surface area contributed by atoms with Gasteiger partial charge in [0.05, 0.1) is 0 Å². The van der Waals surface area contributed by atoms with E-state index >= 15 is 0 Å². The van der Waals surface area contributed by atoms with Crippen molar-refractivity contribution in [3.63, 3.8) is 0 Å². The Bertz CT molecular complexity index is 3.25. The Morgan fingerprint density at radius 1 is 0.500 bits per heavy atom. The molecule has 0 N–H and O–H groups in total. The summed E-state index contributed by atoms with van der Waals surface area (Å²) < 4.78 is 0. The Balaban J connectivity index is 0. The monoisotopic (exact) mass is 602 g/mol. The summed E-state index contributed by atoms with van der Waals surface area (Å²) in [5, 5.41) is 0. The molecule has 0 aliphatic heterocycles. The van der Waals surface area contributed by atoms with Gasteiger partial charge in [0.1, 0.15) is 0 Å². The van der Waals surface area contributed by atoms with E-state index in [9.17, 15) is 0 Å². The van der Waals surface area contributed by atoms with Gasteiger partial charge in [0.2, 0.25) is 0 Å². The Morgan fingerprint density at radius 2 is 0.500 bits per heavy atom. The van der Waals surface area contributed by atoms with Crippen molar-refractivity contribution in [2.75, 3.05) is 0 Å². The van der Waals surface area contributed by atoms with E-state index in [0.717, 1.165) is 0 Å². The van der Waals surface area contributed by atoms with Gasteiger partial charge in [-0.1, -0.05) is 0 Å². The summed E-state index contributed by atoms with van der Waals surface area (Å²) in [7, 11) is 0. The first-order valence-corrected chi connectivity index (χ1v) is 0. The summed E-state index contributed by atoms with van der Waals surface area (Å²) in [5.41, 5.74) is 0. The maximum absolute atomic E-state index is 0. The van der Waals surface area contributed by atoms with Crippen LogP contribution in [0.25, 0.3) is 0 Å². The zero-order valence-electron chi connectivity index (χ0n) is 1.79. The second-order valence-corrected chi connectivity index (χ2v) is 0. The van der Waals surface area contributed by atoms with E-state index in [1.807, 2.05) is 0 Å². The zero-order chi connectivity index (χ0) is 0. The van der Waals surface area contributed by atoms with Gasteiger partial charge in [-0.15, -0.1) is 0 Å². The molecule has 0 unspecified atom stereocenters. The normalized spacial score (nSPS) is 0. The first-order chi connectivity index (χ1) is 0. The van der Waals surface area contributed by atoms with Crippen LogP contribution in [-0.4, -0.2) is 97.2 Å². The number of hydrogen-bond acceptors (Lipinski definition) is 0. The Hall–Kier alpha value is 3.25. The zero-order valence-corrected chi connectivity index (χ0v) is 12.9. The Morgan fingerprint density at radius 3 is 0.500 bits per heavy atom.